The molecule has 3 aromatic heterocycles. The molecule has 9 rings (SSSR count). The Morgan fingerprint density at radius 1 is 0.372 bits per heavy atom. The molecule has 6 aromatic carbocycles. The zero-order chi connectivity index (χ0) is 28.3. The maximum atomic E-state index is 5.23. The minimum absolute atomic E-state index is 0.757. The summed E-state index contributed by atoms with van der Waals surface area (Å²) in [5, 5.41) is 4.55. The monoisotopic (exact) mass is 566 g/mol. The molecule has 0 saturated heterocycles. The standard InChI is InChI=1S/C38H22N4S/c1-2-9-23(10-3-1)24-11-8-12-25(19-24)31-21-39-35-28-14-4-5-15-29(28)36-38(37(35)41-31)42-32(22-40-36)26-17-18-34-30(20-26)27-13-6-7-16-33(27)43-34/h1-22H. The highest BCUT2D eigenvalue weighted by Gasteiger charge is 2.16. The number of aromatic nitrogens is 4. The first-order chi connectivity index (χ1) is 21.3. The van der Waals surface area contributed by atoms with Gasteiger partial charge in [0.2, 0.25) is 0 Å². The Morgan fingerprint density at radius 2 is 0.930 bits per heavy atom. The summed E-state index contributed by atoms with van der Waals surface area (Å²) >= 11 is 1.82. The first kappa shape index (κ1) is 24.1. The zero-order valence-electron chi connectivity index (χ0n) is 22.9. The molecule has 200 valence electrons. The van der Waals surface area contributed by atoms with Gasteiger partial charge in [-0.1, -0.05) is 97.1 Å². The van der Waals surface area contributed by atoms with E-state index in [0.29, 0.717) is 0 Å². The van der Waals surface area contributed by atoms with Gasteiger partial charge in [0.05, 0.1) is 34.8 Å². The third-order valence-corrected chi connectivity index (χ3v) is 9.30. The van der Waals surface area contributed by atoms with Crippen LogP contribution in [-0.2, 0) is 0 Å². The van der Waals surface area contributed by atoms with Crippen molar-refractivity contribution in [1.29, 1.82) is 0 Å². The molecule has 0 N–H and O–H groups in total. The molecule has 0 amide bonds. The SMILES string of the molecule is c1ccc(-c2cccc(-c3cnc4c5ccccc5c5ncc(-c6ccc7sc8ccccc8c7c6)nc5c4n3)c2)cc1. The van der Waals surface area contributed by atoms with Gasteiger partial charge in [0.15, 0.2) is 0 Å². The predicted octanol–water partition coefficient (Wildman–Crippen LogP) is 10.1. The van der Waals surface area contributed by atoms with Crippen LogP contribution in [-0.4, -0.2) is 19.9 Å². The largest absolute Gasteiger partial charge is 0.252 e. The van der Waals surface area contributed by atoms with Gasteiger partial charge in [-0.2, -0.15) is 0 Å². The van der Waals surface area contributed by atoms with Gasteiger partial charge in [0, 0.05) is 42.1 Å². The smallest absolute Gasteiger partial charge is 0.118 e. The van der Waals surface area contributed by atoms with Gasteiger partial charge in [-0.25, -0.2) is 9.97 Å². The van der Waals surface area contributed by atoms with Gasteiger partial charge >= 0.3 is 0 Å². The van der Waals surface area contributed by atoms with Crippen molar-refractivity contribution in [1.82, 2.24) is 19.9 Å². The predicted molar refractivity (Wildman–Crippen MR) is 179 cm³/mol. The summed E-state index contributed by atoms with van der Waals surface area (Å²) in [7, 11) is 0. The van der Waals surface area contributed by atoms with Gasteiger partial charge in [0.1, 0.15) is 11.0 Å². The van der Waals surface area contributed by atoms with Crippen LogP contribution in [0.2, 0.25) is 0 Å². The lowest BCUT2D eigenvalue weighted by Gasteiger charge is -2.11. The number of hydrogen-bond acceptors (Lipinski definition) is 5. The highest BCUT2D eigenvalue weighted by molar-refractivity contribution is 7.25. The molecule has 0 aliphatic heterocycles. The van der Waals surface area contributed by atoms with Crippen LogP contribution >= 0.6 is 11.3 Å². The van der Waals surface area contributed by atoms with Crippen molar-refractivity contribution in [2.75, 3.05) is 0 Å². The summed E-state index contributed by atoms with van der Waals surface area (Å²) in [5.74, 6) is 0. The molecule has 9 aromatic rings. The topological polar surface area (TPSA) is 51.6 Å². The lowest BCUT2D eigenvalue weighted by molar-refractivity contribution is 1.27. The maximum absolute atomic E-state index is 5.23. The summed E-state index contributed by atoms with van der Waals surface area (Å²) in [6.45, 7) is 0. The molecular formula is C38H22N4S. The molecule has 0 saturated carbocycles. The second kappa shape index (κ2) is 9.51. The van der Waals surface area contributed by atoms with Crippen molar-refractivity contribution in [3.8, 4) is 33.6 Å². The van der Waals surface area contributed by atoms with E-state index < -0.39 is 0 Å². The lowest BCUT2D eigenvalue weighted by Crippen LogP contribution is -1.96. The Kier molecular flexibility index (Phi) is 5.33. The molecule has 5 heteroatoms. The van der Waals surface area contributed by atoms with Gasteiger partial charge in [-0.05, 0) is 35.4 Å². The summed E-state index contributed by atoms with van der Waals surface area (Å²) in [4.78, 5) is 20.4. The quantitative estimate of drug-likeness (QED) is 0.200. The first-order valence-electron chi connectivity index (χ1n) is 14.2. The van der Waals surface area contributed by atoms with Crippen LogP contribution in [0.5, 0.6) is 0 Å². The molecule has 43 heavy (non-hydrogen) atoms. The number of nitrogens with zero attached hydrogens (tertiary/aromatic N) is 4. The van der Waals surface area contributed by atoms with Crippen molar-refractivity contribution in [3.05, 3.63) is 134 Å². The zero-order valence-corrected chi connectivity index (χ0v) is 23.7. The minimum atomic E-state index is 0.757. The average Bonchev–Trinajstić information content (AvgIpc) is 3.46. The Hall–Kier alpha value is -5.52. The van der Waals surface area contributed by atoms with E-state index in [1.165, 1.54) is 25.7 Å². The Balaban J connectivity index is 1.27. The third-order valence-electron chi connectivity index (χ3n) is 8.14. The van der Waals surface area contributed by atoms with E-state index in [4.69, 9.17) is 19.9 Å². The first-order valence-corrected chi connectivity index (χ1v) is 15.0. The molecule has 0 aliphatic rings. The Labute approximate surface area is 251 Å². The Bertz CT molecular complexity index is 2520. The van der Waals surface area contributed by atoms with Crippen molar-refractivity contribution in [2.24, 2.45) is 0 Å². The molecule has 0 bridgehead atoms. The number of thiophene rings is 1. The van der Waals surface area contributed by atoms with Gasteiger partial charge in [-0.15, -0.1) is 11.3 Å². The van der Waals surface area contributed by atoms with Crippen molar-refractivity contribution >= 4 is 64.3 Å². The third kappa shape index (κ3) is 3.90. The molecule has 0 aliphatic carbocycles. The summed E-state index contributed by atoms with van der Waals surface area (Å²) in [6.07, 6.45) is 3.76. The second-order valence-electron chi connectivity index (χ2n) is 10.7. The second-order valence-corrected chi connectivity index (χ2v) is 11.8. The summed E-state index contributed by atoms with van der Waals surface area (Å²) in [5.41, 5.74) is 9.15. The summed E-state index contributed by atoms with van der Waals surface area (Å²) in [6, 6.07) is 42.2. The molecule has 0 atom stereocenters. The van der Waals surface area contributed by atoms with Crippen molar-refractivity contribution in [3.63, 3.8) is 0 Å². The van der Waals surface area contributed by atoms with Crippen LogP contribution in [0.3, 0.4) is 0 Å². The van der Waals surface area contributed by atoms with E-state index in [2.05, 4.69) is 103 Å². The molecule has 0 unspecified atom stereocenters. The van der Waals surface area contributed by atoms with Crippen LogP contribution in [0.4, 0.5) is 0 Å². The average molecular weight is 567 g/mol. The number of rotatable bonds is 3. The normalized spacial score (nSPS) is 11.7. The number of hydrogen-bond donors (Lipinski definition) is 0. The van der Waals surface area contributed by atoms with Crippen LogP contribution in [0, 0.1) is 0 Å². The van der Waals surface area contributed by atoms with Gasteiger partial charge in [0.25, 0.3) is 0 Å². The molecule has 0 fully saturated rings. The minimum Gasteiger partial charge on any atom is -0.252 e. The fourth-order valence-electron chi connectivity index (χ4n) is 6.05. The highest BCUT2D eigenvalue weighted by Crippen LogP contribution is 2.37. The van der Waals surface area contributed by atoms with E-state index in [1.54, 1.807) is 0 Å². The van der Waals surface area contributed by atoms with E-state index in [9.17, 15) is 0 Å². The molecular weight excluding hydrogens is 545 g/mol. The van der Waals surface area contributed by atoms with E-state index >= 15 is 0 Å². The molecule has 0 radical (unpaired) electrons. The van der Waals surface area contributed by atoms with E-state index in [0.717, 1.165) is 60.9 Å². The van der Waals surface area contributed by atoms with Crippen LogP contribution in [0.1, 0.15) is 0 Å². The van der Waals surface area contributed by atoms with Crippen molar-refractivity contribution in [2.45, 2.75) is 0 Å². The van der Waals surface area contributed by atoms with Gasteiger partial charge in [-0.3, -0.25) is 9.97 Å². The van der Waals surface area contributed by atoms with E-state index in [1.807, 2.05) is 41.9 Å². The molecule has 3 heterocycles. The Morgan fingerprint density at radius 3 is 1.65 bits per heavy atom. The van der Waals surface area contributed by atoms with Crippen LogP contribution < -0.4 is 0 Å². The van der Waals surface area contributed by atoms with Crippen molar-refractivity contribution < 1.29 is 0 Å². The number of benzene rings is 6. The lowest BCUT2D eigenvalue weighted by atomic mass is 10.0. The fraction of sp³-hybridized carbons (Fsp3) is 0. The molecule has 4 nitrogen and oxygen atoms in total. The van der Waals surface area contributed by atoms with E-state index in [-0.39, 0.29) is 0 Å². The van der Waals surface area contributed by atoms with Crippen LogP contribution in [0.25, 0.3) is 86.7 Å². The van der Waals surface area contributed by atoms with Crippen LogP contribution in [0.15, 0.2) is 134 Å². The number of fused-ring (bicyclic) bond motifs is 9. The summed E-state index contributed by atoms with van der Waals surface area (Å²) < 4.78 is 2.55. The fourth-order valence-corrected chi connectivity index (χ4v) is 7.14. The van der Waals surface area contributed by atoms with Gasteiger partial charge < -0.3 is 0 Å². The molecule has 0 spiro atoms. The highest BCUT2D eigenvalue weighted by atomic mass is 32.1. The maximum Gasteiger partial charge on any atom is 0.118 e.